The summed E-state index contributed by atoms with van der Waals surface area (Å²) < 4.78 is 0. The summed E-state index contributed by atoms with van der Waals surface area (Å²) in [6.07, 6.45) is 4.50. The maximum absolute atomic E-state index is 12.1. The molecule has 2 aliphatic carbocycles. The molecule has 5 nitrogen and oxygen atoms in total. The zero-order valence-corrected chi connectivity index (χ0v) is 11.4. The molecule has 1 aromatic rings. The predicted molar refractivity (Wildman–Crippen MR) is 70.1 cm³/mol. The number of aryl methyl sites for hydroxylation is 1. The number of carbonyl (C=O) groups is 2. The summed E-state index contributed by atoms with van der Waals surface area (Å²) in [6.45, 7) is 1.85. The molecule has 102 valence electrons. The summed E-state index contributed by atoms with van der Waals surface area (Å²) in [5.41, 5.74) is 0. The molecule has 0 aliphatic heterocycles. The van der Waals surface area contributed by atoms with Crippen LogP contribution < -0.4 is 5.32 Å². The van der Waals surface area contributed by atoms with Crippen LogP contribution in [0.3, 0.4) is 0 Å². The van der Waals surface area contributed by atoms with Crippen LogP contribution in [0.5, 0.6) is 0 Å². The Labute approximate surface area is 115 Å². The summed E-state index contributed by atoms with van der Waals surface area (Å²) in [5.74, 6) is -0.829. The molecule has 0 spiro atoms. The fourth-order valence-electron chi connectivity index (χ4n) is 3.54. The molecule has 2 N–H and O–H groups in total. The van der Waals surface area contributed by atoms with E-state index in [0.29, 0.717) is 10.8 Å². The standard InChI is InChI=1S/C13H16N2O3S/c1-6-14-5-9(19-6)12(16)15-11-8-3-2-7(4-8)10(11)13(17)18/h5,7-8,10-11H,2-4H2,1H3,(H,15,16)(H,17,18). The molecule has 1 heterocycles. The number of aliphatic carboxylic acids is 1. The number of carboxylic acids is 1. The number of hydrogen-bond acceptors (Lipinski definition) is 4. The van der Waals surface area contributed by atoms with Gasteiger partial charge in [0.1, 0.15) is 4.88 Å². The minimum Gasteiger partial charge on any atom is -0.481 e. The smallest absolute Gasteiger partial charge is 0.308 e. The maximum Gasteiger partial charge on any atom is 0.308 e. The van der Waals surface area contributed by atoms with Gasteiger partial charge < -0.3 is 10.4 Å². The Bertz CT molecular complexity index is 528. The van der Waals surface area contributed by atoms with E-state index in [9.17, 15) is 14.7 Å². The SMILES string of the molecule is Cc1ncc(C(=O)NC2C3CCC(C3)C2C(=O)O)s1. The highest BCUT2D eigenvalue weighted by molar-refractivity contribution is 7.13. The molecular formula is C13H16N2O3S. The van der Waals surface area contributed by atoms with Crippen LogP contribution in [0.1, 0.15) is 33.9 Å². The van der Waals surface area contributed by atoms with Gasteiger partial charge in [0.05, 0.1) is 17.1 Å². The zero-order chi connectivity index (χ0) is 13.6. The zero-order valence-electron chi connectivity index (χ0n) is 10.6. The minimum atomic E-state index is -0.780. The van der Waals surface area contributed by atoms with Gasteiger partial charge in [0, 0.05) is 6.04 Å². The molecule has 2 saturated carbocycles. The van der Waals surface area contributed by atoms with Crippen molar-refractivity contribution in [3.05, 3.63) is 16.1 Å². The minimum absolute atomic E-state index is 0.186. The molecule has 0 aromatic carbocycles. The van der Waals surface area contributed by atoms with Crippen molar-refractivity contribution in [1.82, 2.24) is 10.3 Å². The fraction of sp³-hybridized carbons (Fsp3) is 0.615. The highest BCUT2D eigenvalue weighted by atomic mass is 32.1. The molecule has 4 atom stereocenters. The van der Waals surface area contributed by atoms with Gasteiger partial charge in [-0.3, -0.25) is 9.59 Å². The molecule has 0 saturated heterocycles. The Morgan fingerprint density at radius 1 is 1.42 bits per heavy atom. The molecule has 3 rings (SSSR count). The van der Waals surface area contributed by atoms with Crippen molar-refractivity contribution in [3.8, 4) is 0 Å². The number of aromatic nitrogens is 1. The van der Waals surface area contributed by atoms with Crippen molar-refractivity contribution in [2.75, 3.05) is 0 Å². The third kappa shape index (κ3) is 2.14. The summed E-state index contributed by atoms with van der Waals surface area (Å²) in [5, 5.41) is 13.1. The molecule has 2 aliphatic rings. The topological polar surface area (TPSA) is 79.3 Å². The molecule has 1 amide bonds. The number of amides is 1. The number of hydrogen-bond donors (Lipinski definition) is 2. The molecule has 6 heteroatoms. The second kappa shape index (κ2) is 4.59. The van der Waals surface area contributed by atoms with E-state index in [2.05, 4.69) is 10.3 Å². The summed E-state index contributed by atoms with van der Waals surface area (Å²) in [6, 6.07) is -0.217. The van der Waals surface area contributed by atoms with Crippen LogP contribution in [0.2, 0.25) is 0 Å². The lowest BCUT2D eigenvalue weighted by molar-refractivity contribution is -0.144. The number of carbonyl (C=O) groups excluding carboxylic acids is 1. The first-order valence-electron chi connectivity index (χ1n) is 6.52. The van der Waals surface area contributed by atoms with E-state index in [1.807, 2.05) is 6.92 Å². The Morgan fingerprint density at radius 3 is 2.79 bits per heavy atom. The maximum atomic E-state index is 12.1. The van der Waals surface area contributed by atoms with E-state index in [0.717, 1.165) is 24.3 Å². The van der Waals surface area contributed by atoms with E-state index >= 15 is 0 Å². The molecular weight excluding hydrogens is 264 g/mol. The summed E-state index contributed by atoms with van der Waals surface area (Å²) >= 11 is 1.34. The van der Waals surface area contributed by atoms with E-state index in [4.69, 9.17) is 0 Å². The van der Waals surface area contributed by atoms with Crippen LogP contribution >= 0.6 is 11.3 Å². The first-order valence-corrected chi connectivity index (χ1v) is 7.34. The predicted octanol–water partition coefficient (Wildman–Crippen LogP) is 1.68. The quantitative estimate of drug-likeness (QED) is 0.883. The normalized spacial score (nSPS) is 32.5. The third-order valence-corrected chi connectivity index (χ3v) is 5.26. The molecule has 4 unspecified atom stereocenters. The number of fused-ring (bicyclic) bond motifs is 2. The van der Waals surface area contributed by atoms with Gasteiger partial charge >= 0.3 is 5.97 Å². The Hall–Kier alpha value is -1.43. The van der Waals surface area contributed by atoms with E-state index in [-0.39, 0.29) is 17.9 Å². The lowest BCUT2D eigenvalue weighted by Gasteiger charge is -2.28. The van der Waals surface area contributed by atoms with Gasteiger partial charge in [-0.25, -0.2) is 4.98 Å². The van der Waals surface area contributed by atoms with Crippen molar-refractivity contribution >= 4 is 23.2 Å². The Morgan fingerprint density at radius 2 is 2.16 bits per heavy atom. The van der Waals surface area contributed by atoms with Gasteiger partial charge in [-0.2, -0.15) is 0 Å². The second-order valence-corrected chi connectivity index (χ2v) is 6.67. The molecule has 2 fully saturated rings. The monoisotopic (exact) mass is 280 g/mol. The first kappa shape index (κ1) is 12.6. The van der Waals surface area contributed by atoms with Crippen LogP contribution in [0, 0.1) is 24.7 Å². The largest absolute Gasteiger partial charge is 0.481 e. The van der Waals surface area contributed by atoms with Crippen molar-refractivity contribution in [3.63, 3.8) is 0 Å². The Balaban J connectivity index is 1.75. The van der Waals surface area contributed by atoms with E-state index in [1.54, 1.807) is 6.20 Å². The third-order valence-electron chi connectivity index (χ3n) is 4.34. The molecule has 0 radical (unpaired) electrons. The van der Waals surface area contributed by atoms with Gasteiger partial charge in [-0.15, -0.1) is 11.3 Å². The molecule has 2 bridgehead atoms. The summed E-state index contributed by atoms with van der Waals surface area (Å²) in [7, 11) is 0. The number of thiazole rings is 1. The Kier molecular flexibility index (Phi) is 3.05. The molecule has 1 aromatic heterocycles. The summed E-state index contributed by atoms with van der Waals surface area (Å²) in [4.78, 5) is 28.1. The van der Waals surface area contributed by atoms with Gasteiger partial charge in [-0.1, -0.05) is 0 Å². The number of rotatable bonds is 3. The average Bonchev–Trinajstić information content (AvgIpc) is 3.03. The lowest BCUT2D eigenvalue weighted by Crippen LogP contribution is -2.46. The van der Waals surface area contributed by atoms with Crippen molar-refractivity contribution in [2.45, 2.75) is 32.2 Å². The first-order chi connectivity index (χ1) is 9.06. The van der Waals surface area contributed by atoms with Crippen LogP contribution in [0.15, 0.2) is 6.20 Å². The van der Waals surface area contributed by atoms with Gasteiger partial charge in [0.2, 0.25) is 0 Å². The van der Waals surface area contributed by atoms with Gasteiger partial charge in [-0.05, 0) is 38.0 Å². The van der Waals surface area contributed by atoms with Crippen molar-refractivity contribution in [2.24, 2.45) is 17.8 Å². The van der Waals surface area contributed by atoms with E-state index in [1.165, 1.54) is 11.3 Å². The van der Waals surface area contributed by atoms with Crippen molar-refractivity contribution < 1.29 is 14.7 Å². The van der Waals surface area contributed by atoms with E-state index < -0.39 is 11.9 Å². The number of nitrogens with one attached hydrogen (secondary N) is 1. The van der Waals surface area contributed by atoms with Gasteiger partial charge in [0.25, 0.3) is 5.91 Å². The van der Waals surface area contributed by atoms with Crippen LogP contribution in [-0.4, -0.2) is 28.0 Å². The lowest BCUT2D eigenvalue weighted by atomic mass is 9.84. The van der Waals surface area contributed by atoms with Crippen LogP contribution in [0.4, 0.5) is 0 Å². The van der Waals surface area contributed by atoms with Gasteiger partial charge in [0.15, 0.2) is 0 Å². The number of nitrogens with zero attached hydrogens (tertiary/aromatic N) is 1. The van der Waals surface area contributed by atoms with Crippen molar-refractivity contribution in [1.29, 1.82) is 0 Å². The fourth-order valence-corrected chi connectivity index (χ4v) is 4.22. The molecule has 19 heavy (non-hydrogen) atoms. The number of carboxylic acid groups (broad SMARTS) is 1. The van der Waals surface area contributed by atoms with Crippen LogP contribution in [0.25, 0.3) is 0 Å². The second-order valence-electron chi connectivity index (χ2n) is 5.44. The average molecular weight is 280 g/mol. The highest BCUT2D eigenvalue weighted by Gasteiger charge is 2.51. The van der Waals surface area contributed by atoms with Crippen LogP contribution in [-0.2, 0) is 4.79 Å². The highest BCUT2D eigenvalue weighted by Crippen LogP contribution is 2.48.